The van der Waals surface area contributed by atoms with Gasteiger partial charge in [-0.2, -0.15) is 0 Å². The number of aldehydes is 1. The first-order valence-electron chi connectivity index (χ1n) is 8.99. The number of aryl methyl sites for hydroxylation is 1. The molecule has 1 unspecified atom stereocenters. The Bertz CT molecular complexity index is 772. The molecule has 5 heteroatoms. The predicted molar refractivity (Wildman–Crippen MR) is 103 cm³/mol. The fourth-order valence-corrected chi connectivity index (χ4v) is 2.57. The average molecular weight is 370 g/mol. The number of Topliss-reactive ketones (excluding diaryl/α,β-unsaturated/α-hetero) is 1. The summed E-state index contributed by atoms with van der Waals surface area (Å²) < 4.78 is 5.76. The number of rotatable bonds is 9. The van der Waals surface area contributed by atoms with Gasteiger partial charge in [0.2, 0.25) is 0 Å². The maximum absolute atomic E-state index is 12.0. The number of aliphatic hydroxyl groups is 2. The summed E-state index contributed by atoms with van der Waals surface area (Å²) in [6.45, 7) is 4.70. The molecule has 1 atom stereocenters. The van der Waals surface area contributed by atoms with E-state index in [0.717, 1.165) is 5.56 Å². The van der Waals surface area contributed by atoms with E-state index < -0.39 is 11.2 Å². The molecule has 2 rings (SSSR count). The summed E-state index contributed by atoms with van der Waals surface area (Å²) in [5, 5.41) is 19.8. The molecule has 0 spiro atoms. The maximum atomic E-state index is 12.0. The third-order valence-electron chi connectivity index (χ3n) is 4.51. The van der Waals surface area contributed by atoms with Crippen molar-refractivity contribution in [2.24, 2.45) is 0 Å². The van der Waals surface area contributed by atoms with Crippen molar-refractivity contribution >= 4 is 12.1 Å². The van der Waals surface area contributed by atoms with Crippen molar-refractivity contribution in [2.75, 3.05) is 0 Å². The van der Waals surface area contributed by atoms with Crippen molar-refractivity contribution in [1.29, 1.82) is 0 Å². The van der Waals surface area contributed by atoms with Crippen molar-refractivity contribution in [3.05, 3.63) is 59.7 Å². The Morgan fingerprint density at radius 2 is 1.52 bits per heavy atom. The van der Waals surface area contributed by atoms with Gasteiger partial charge in [0.15, 0.2) is 12.1 Å². The number of ether oxygens (including phenoxy) is 1. The number of benzene rings is 2. The minimum Gasteiger partial charge on any atom is -0.457 e. The highest BCUT2D eigenvalue weighted by Gasteiger charge is 2.25. The van der Waals surface area contributed by atoms with E-state index >= 15 is 0 Å². The molecule has 27 heavy (non-hydrogen) atoms. The van der Waals surface area contributed by atoms with Crippen LogP contribution in [0.3, 0.4) is 0 Å². The van der Waals surface area contributed by atoms with Crippen LogP contribution in [0.25, 0.3) is 0 Å². The van der Waals surface area contributed by atoms with Crippen LogP contribution in [-0.2, 0) is 11.2 Å². The Morgan fingerprint density at radius 1 is 1.00 bits per heavy atom. The Balaban J connectivity index is 1.98. The zero-order valence-corrected chi connectivity index (χ0v) is 15.9. The van der Waals surface area contributed by atoms with Gasteiger partial charge in [-0.05, 0) is 75.1 Å². The molecule has 2 N–H and O–H groups in total. The first kappa shape index (κ1) is 20.8. The minimum atomic E-state index is -1.41. The van der Waals surface area contributed by atoms with Gasteiger partial charge < -0.3 is 19.7 Å². The van der Waals surface area contributed by atoms with Gasteiger partial charge in [-0.3, -0.25) is 4.79 Å². The minimum absolute atomic E-state index is 0.347. The zero-order valence-electron chi connectivity index (χ0n) is 15.9. The smallest absolute Gasteiger partial charge is 0.193 e. The van der Waals surface area contributed by atoms with E-state index in [1.165, 1.54) is 13.8 Å². The van der Waals surface area contributed by atoms with Gasteiger partial charge in [0.1, 0.15) is 22.7 Å². The van der Waals surface area contributed by atoms with Gasteiger partial charge in [0, 0.05) is 5.56 Å². The highest BCUT2D eigenvalue weighted by molar-refractivity contribution is 6.01. The summed E-state index contributed by atoms with van der Waals surface area (Å²) >= 11 is 0. The molecule has 5 nitrogen and oxygen atoms in total. The molecular weight excluding hydrogens is 344 g/mol. The summed E-state index contributed by atoms with van der Waals surface area (Å²) in [5.74, 6) is 0.874. The lowest BCUT2D eigenvalue weighted by molar-refractivity contribution is -0.124. The molecule has 0 aliphatic carbocycles. The highest BCUT2D eigenvalue weighted by atomic mass is 16.5. The van der Waals surface area contributed by atoms with Crippen LogP contribution in [0.5, 0.6) is 11.5 Å². The second kappa shape index (κ2) is 8.46. The topological polar surface area (TPSA) is 83.8 Å². The molecule has 0 radical (unpaired) electrons. The van der Waals surface area contributed by atoms with Crippen LogP contribution in [-0.4, -0.2) is 33.5 Å². The van der Waals surface area contributed by atoms with Crippen LogP contribution >= 0.6 is 0 Å². The molecule has 0 fully saturated rings. The van der Waals surface area contributed by atoms with Gasteiger partial charge >= 0.3 is 0 Å². The Hall–Kier alpha value is -2.50. The standard InChI is InChI=1S/C22H26O5/c1-4-22(26,15-23)14-13-16-5-9-18(10-6-16)27-19-11-7-17(8-12-19)20(24)21(2,3)25/h5-12,15,25-26H,4,13-14H2,1-3H3. The molecule has 2 aromatic carbocycles. The summed E-state index contributed by atoms with van der Waals surface area (Å²) in [6, 6.07) is 14.0. The normalized spacial score (nSPS) is 13.7. The number of hydrogen-bond acceptors (Lipinski definition) is 5. The van der Waals surface area contributed by atoms with Crippen molar-refractivity contribution in [3.63, 3.8) is 0 Å². The van der Waals surface area contributed by atoms with Crippen molar-refractivity contribution in [3.8, 4) is 11.5 Å². The van der Waals surface area contributed by atoms with Gasteiger partial charge in [-0.15, -0.1) is 0 Å². The molecular formula is C22H26O5. The Labute approximate surface area is 159 Å². The third kappa shape index (κ3) is 5.74. The molecule has 2 aromatic rings. The SMILES string of the molecule is CCC(O)(C=O)CCc1ccc(Oc2ccc(C(=O)C(C)(C)O)cc2)cc1. The van der Waals surface area contributed by atoms with Gasteiger partial charge in [-0.1, -0.05) is 19.1 Å². The van der Waals surface area contributed by atoms with Crippen LogP contribution < -0.4 is 4.74 Å². The fourth-order valence-electron chi connectivity index (χ4n) is 2.57. The number of carbonyl (C=O) groups excluding carboxylic acids is 2. The summed E-state index contributed by atoms with van der Waals surface area (Å²) in [6.07, 6.45) is 1.97. The summed E-state index contributed by atoms with van der Waals surface area (Å²) in [4.78, 5) is 23.0. The van der Waals surface area contributed by atoms with E-state index in [1.807, 2.05) is 24.3 Å². The predicted octanol–water partition coefficient (Wildman–Crippen LogP) is 3.71. The molecule has 0 aliphatic heterocycles. The molecule has 0 heterocycles. The molecule has 0 saturated carbocycles. The highest BCUT2D eigenvalue weighted by Crippen LogP contribution is 2.24. The summed E-state index contributed by atoms with van der Waals surface area (Å²) in [5.41, 5.74) is -1.25. The molecule has 0 bridgehead atoms. The monoisotopic (exact) mass is 370 g/mol. The van der Waals surface area contributed by atoms with E-state index in [9.17, 15) is 19.8 Å². The van der Waals surface area contributed by atoms with Gasteiger partial charge in [0.05, 0.1) is 0 Å². The largest absolute Gasteiger partial charge is 0.457 e. The fraction of sp³-hybridized carbons (Fsp3) is 0.364. The van der Waals surface area contributed by atoms with Gasteiger partial charge in [0.25, 0.3) is 0 Å². The van der Waals surface area contributed by atoms with Crippen LogP contribution in [0.2, 0.25) is 0 Å². The lowest BCUT2D eigenvalue weighted by Crippen LogP contribution is -2.30. The van der Waals surface area contributed by atoms with Gasteiger partial charge in [-0.25, -0.2) is 0 Å². The number of ketones is 1. The third-order valence-corrected chi connectivity index (χ3v) is 4.51. The lowest BCUT2D eigenvalue weighted by atomic mass is 9.94. The molecule has 0 aliphatic rings. The summed E-state index contributed by atoms with van der Waals surface area (Å²) in [7, 11) is 0. The molecule has 0 aromatic heterocycles. The first-order valence-corrected chi connectivity index (χ1v) is 8.99. The van der Waals surface area contributed by atoms with E-state index in [4.69, 9.17) is 4.74 Å². The van der Waals surface area contributed by atoms with E-state index in [1.54, 1.807) is 31.2 Å². The van der Waals surface area contributed by atoms with Crippen LogP contribution in [0.15, 0.2) is 48.5 Å². The van der Waals surface area contributed by atoms with Crippen LogP contribution in [0.1, 0.15) is 49.5 Å². The molecule has 0 saturated heterocycles. The van der Waals surface area contributed by atoms with E-state index in [2.05, 4.69) is 0 Å². The Morgan fingerprint density at radius 3 is 1.96 bits per heavy atom. The quantitative estimate of drug-likeness (QED) is 0.519. The average Bonchev–Trinajstić information content (AvgIpc) is 2.66. The second-order valence-corrected chi connectivity index (χ2v) is 7.23. The van der Waals surface area contributed by atoms with Crippen molar-refractivity contribution in [2.45, 2.75) is 51.2 Å². The molecule has 144 valence electrons. The zero-order chi connectivity index (χ0) is 20.1. The van der Waals surface area contributed by atoms with Crippen LogP contribution in [0, 0.1) is 0 Å². The second-order valence-electron chi connectivity index (χ2n) is 7.23. The lowest BCUT2D eigenvalue weighted by Gasteiger charge is -2.19. The maximum Gasteiger partial charge on any atom is 0.193 e. The van der Waals surface area contributed by atoms with Crippen molar-refractivity contribution < 1.29 is 24.5 Å². The van der Waals surface area contributed by atoms with E-state index in [0.29, 0.717) is 42.6 Å². The number of hydrogen-bond donors (Lipinski definition) is 2. The number of carbonyl (C=O) groups is 2. The molecule has 0 amide bonds. The van der Waals surface area contributed by atoms with Crippen LogP contribution in [0.4, 0.5) is 0 Å². The van der Waals surface area contributed by atoms with Crippen molar-refractivity contribution in [1.82, 2.24) is 0 Å². The Kier molecular flexibility index (Phi) is 6.52. The first-order chi connectivity index (χ1) is 12.7. The van der Waals surface area contributed by atoms with E-state index in [-0.39, 0.29) is 5.78 Å².